The highest BCUT2D eigenvalue weighted by atomic mass is 16.3. The van der Waals surface area contributed by atoms with Crippen LogP contribution in [0.2, 0.25) is 0 Å². The average Bonchev–Trinajstić information content (AvgIpc) is 3.80. The number of furan rings is 1. The quantitative estimate of drug-likeness (QED) is 0.191. The van der Waals surface area contributed by atoms with Crippen molar-refractivity contribution in [1.82, 2.24) is 14.5 Å². The molecule has 3 aromatic heterocycles. The van der Waals surface area contributed by atoms with Gasteiger partial charge in [-0.15, -0.1) is 0 Å². The summed E-state index contributed by atoms with van der Waals surface area (Å²) in [6.45, 7) is 4.68. The smallest absolute Gasteiger partial charge is 0.160 e. The molecule has 1 aliphatic carbocycles. The van der Waals surface area contributed by atoms with Crippen LogP contribution in [0.4, 0.5) is 0 Å². The van der Waals surface area contributed by atoms with Gasteiger partial charge in [0.1, 0.15) is 11.2 Å². The van der Waals surface area contributed by atoms with Crippen molar-refractivity contribution in [1.29, 1.82) is 0 Å². The number of benzene rings is 7. The fourth-order valence-electron chi connectivity index (χ4n) is 8.72. The Hall–Kier alpha value is -6.52. The lowest BCUT2D eigenvalue weighted by Gasteiger charge is -2.22. The molecule has 0 aliphatic heterocycles. The van der Waals surface area contributed by atoms with Gasteiger partial charge >= 0.3 is 0 Å². The molecule has 3 heterocycles. The molecule has 240 valence electrons. The summed E-state index contributed by atoms with van der Waals surface area (Å²) in [4.78, 5) is 10.2. The molecule has 1 aliphatic rings. The Labute approximate surface area is 294 Å². The third-order valence-corrected chi connectivity index (χ3v) is 11.0. The van der Waals surface area contributed by atoms with E-state index < -0.39 is 0 Å². The number of nitrogens with zero attached hydrogens (tertiary/aromatic N) is 3. The van der Waals surface area contributed by atoms with Gasteiger partial charge in [0.2, 0.25) is 0 Å². The fraction of sp³-hybridized carbons (Fsp3) is 0.0638. The van der Waals surface area contributed by atoms with Gasteiger partial charge in [-0.25, -0.2) is 9.97 Å². The Morgan fingerprint density at radius 1 is 0.569 bits per heavy atom. The molecule has 4 nitrogen and oxygen atoms in total. The van der Waals surface area contributed by atoms with E-state index in [1.165, 1.54) is 43.9 Å². The van der Waals surface area contributed by atoms with Crippen molar-refractivity contribution < 1.29 is 4.42 Å². The van der Waals surface area contributed by atoms with Gasteiger partial charge in [0, 0.05) is 60.3 Å². The van der Waals surface area contributed by atoms with Crippen LogP contribution in [0.15, 0.2) is 156 Å². The van der Waals surface area contributed by atoms with E-state index in [-0.39, 0.29) is 5.41 Å². The highest BCUT2D eigenvalue weighted by Gasteiger charge is 2.41. The molecule has 11 rings (SSSR count). The van der Waals surface area contributed by atoms with Crippen molar-refractivity contribution >= 4 is 54.6 Å². The van der Waals surface area contributed by atoms with E-state index in [2.05, 4.69) is 158 Å². The highest BCUT2D eigenvalue weighted by molar-refractivity contribution is 6.32. The summed E-state index contributed by atoms with van der Waals surface area (Å²) < 4.78 is 9.31. The van der Waals surface area contributed by atoms with Crippen LogP contribution in [0.25, 0.3) is 94.1 Å². The third-order valence-electron chi connectivity index (χ3n) is 11.0. The van der Waals surface area contributed by atoms with Crippen molar-refractivity contribution in [3.05, 3.63) is 163 Å². The lowest BCUT2D eigenvalue weighted by molar-refractivity contribution is 0.620. The van der Waals surface area contributed by atoms with Crippen molar-refractivity contribution in [3.63, 3.8) is 0 Å². The van der Waals surface area contributed by atoms with Crippen LogP contribution >= 0.6 is 0 Å². The van der Waals surface area contributed by atoms with Gasteiger partial charge in [-0.2, -0.15) is 0 Å². The third kappa shape index (κ3) is 3.85. The minimum Gasteiger partial charge on any atom is -0.456 e. The van der Waals surface area contributed by atoms with Crippen LogP contribution < -0.4 is 0 Å². The Kier molecular flexibility index (Phi) is 5.70. The molecular weight excluding hydrogens is 623 g/mol. The van der Waals surface area contributed by atoms with E-state index in [1.54, 1.807) is 0 Å². The van der Waals surface area contributed by atoms with Crippen LogP contribution in [-0.2, 0) is 5.41 Å². The largest absolute Gasteiger partial charge is 0.456 e. The van der Waals surface area contributed by atoms with Gasteiger partial charge in [0.05, 0.1) is 22.2 Å². The molecule has 0 N–H and O–H groups in total. The first-order chi connectivity index (χ1) is 25.1. The van der Waals surface area contributed by atoms with Crippen LogP contribution in [0.3, 0.4) is 0 Å². The molecule has 0 bridgehead atoms. The summed E-state index contributed by atoms with van der Waals surface area (Å²) in [5.74, 6) is 0.712. The normalized spacial score (nSPS) is 13.5. The standard InChI is InChI=1S/C47H31N3O/c1-47(2)35-20-10-6-16-31(35)41-42(47)45-40(34-19-9-13-23-38(34)51-45)39-33-18-8-12-22-37(33)50(44(39)41)30-26-24-29(25-27-30)46-48-36-21-11-7-17-32(36)43(49-46)28-14-4-3-5-15-28/h3-27H,1-2H3. The molecule has 7 aromatic carbocycles. The summed E-state index contributed by atoms with van der Waals surface area (Å²) in [5, 5.41) is 5.82. The predicted octanol–water partition coefficient (Wildman–Crippen LogP) is 12.3. The Morgan fingerprint density at radius 2 is 1.25 bits per heavy atom. The van der Waals surface area contributed by atoms with E-state index in [0.717, 1.165) is 55.5 Å². The molecule has 0 atom stereocenters. The van der Waals surface area contributed by atoms with Crippen LogP contribution in [0, 0.1) is 0 Å². The van der Waals surface area contributed by atoms with Crippen molar-refractivity contribution in [2.45, 2.75) is 19.3 Å². The molecule has 0 radical (unpaired) electrons. The SMILES string of the molecule is CC1(C)c2ccccc2-c2c1c1oc3ccccc3c1c1c3ccccc3n(-c3ccc(-c4nc(-c5ccccc5)c5ccccc5n4)cc3)c21. The lowest BCUT2D eigenvalue weighted by atomic mass is 9.81. The maximum absolute atomic E-state index is 6.85. The minimum atomic E-state index is -0.249. The van der Waals surface area contributed by atoms with Crippen LogP contribution in [-0.4, -0.2) is 14.5 Å². The first-order valence-corrected chi connectivity index (χ1v) is 17.5. The van der Waals surface area contributed by atoms with Gasteiger partial charge in [0.15, 0.2) is 5.82 Å². The molecule has 0 spiro atoms. The van der Waals surface area contributed by atoms with Gasteiger partial charge in [-0.05, 0) is 53.6 Å². The second-order valence-corrected chi connectivity index (χ2v) is 14.1. The monoisotopic (exact) mass is 653 g/mol. The predicted molar refractivity (Wildman–Crippen MR) is 210 cm³/mol. The molecule has 0 saturated heterocycles. The fourth-order valence-corrected chi connectivity index (χ4v) is 8.72. The maximum Gasteiger partial charge on any atom is 0.160 e. The maximum atomic E-state index is 6.85. The number of rotatable bonds is 3. The second kappa shape index (κ2) is 10.3. The van der Waals surface area contributed by atoms with E-state index in [0.29, 0.717) is 5.82 Å². The molecule has 0 amide bonds. The van der Waals surface area contributed by atoms with Crippen molar-refractivity contribution in [2.24, 2.45) is 0 Å². The van der Waals surface area contributed by atoms with Crippen molar-refractivity contribution in [3.8, 4) is 39.5 Å². The first kappa shape index (κ1) is 28.3. The number of hydrogen-bond donors (Lipinski definition) is 0. The highest BCUT2D eigenvalue weighted by Crippen LogP contribution is 2.57. The van der Waals surface area contributed by atoms with E-state index in [9.17, 15) is 0 Å². The summed E-state index contributed by atoms with van der Waals surface area (Å²) >= 11 is 0. The topological polar surface area (TPSA) is 43.9 Å². The molecular formula is C47H31N3O. The Bertz CT molecular complexity index is 3040. The summed E-state index contributed by atoms with van der Waals surface area (Å²) in [7, 11) is 0. The minimum absolute atomic E-state index is 0.249. The molecule has 10 aromatic rings. The molecule has 4 heteroatoms. The summed E-state index contributed by atoms with van der Waals surface area (Å²) in [6.07, 6.45) is 0. The van der Waals surface area contributed by atoms with E-state index in [1.807, 2.05) is 12.1 Å². The number of fused-ring (bicyclic) bond motifs is 13. The van der Waals surface area contributed by atoms with E-state index in [4.69, 9.17) is 14.4 Å². The molecule has 0 unspecified atom stereocenters. The summed E-state index contributed by atoms with van der Waals surface area (Å²) in [5.41, 5.74) is 14.1. The number of aromatic nitrogens is 3. The van der Waals surface area contributed by atoms with Crippen LogP contribution in [0.5, 0.6) is 0 Å². The molecule has 0 saturated carbocycles. The van der Waals surface area contributed by atoms with Gasteiger partial charge in [-0.1, -0.05) is 123 Å². The zero-order valence-electron chi connectivity index (χ0n) is 28.2. The summed E-state index contributed by atoms with van der Waals surface area (Å²) in [6, 6.07) is 53.6. The van der Waals surface area contributed by atoms with Gasteiger partial charge in [0.25, 0.3) is 0 Å². The van der Waals surface area contributed by atoms with Gasteiger partial charge in [-0.3, -0.25) is 0 Å². The Balaban J connectivity index is 1.21. The van der Waals surface area contributed by atoms with Crippen LogP contribution in [0.1, 0.15) is 25.0 Å². The zero-order chi connectivity index (χ0) is 33.8. The zero-order valence-corrected chi connectivity index (χ0v) is 28.2. The lowest BCUT2D eigenvalue weighted by Crippen LogP contribution is -2.15. The average molecular weight is 654 g/mol. The van der Waals surface area contributed by atoms with Gasteiger partial charge < -0.3 is 8.98 Å². The Morgan fingerprint density at radius 3 is 2.10 bits per heavy atom. The number of hydrogen-bond acceptors (Lipinski definition) is 3. The number of para-hydroxylation sites is 3. The molecule has 0 fully saturated rings. The first-order valence-electron chi connectivity index (χ1n) is 17.5. The molecule has 51 heavy (non-hydrogen) atoms. The van der Waals surface area contributed by atoms with Crippen molar-refractivity contribution in [2.75, 3.05) is 0 Å². The second-order valence-electron chi connectivity index (χ2n) is 14.1. The van der Waals surface area contributed by atoms with E-state index >= 15 is 0 Å².